The highest BCUT2D eigenvalue weighted by Crippen LogP contribution is 2.12. The SMILES string of the molecule is Cn1cc(C#C[Si](C)(C)C)c(Br)cc1=O. The number of aryl methyl sites for hydroxylation is 1. The Morgan fingerprint density at radius 2 is 2.00 bits per heavy atom. The van der Waals surface area contributed by atoms with Gasteiger partial charge in [-0.3, -0.25) is 4.79 Å². The summed E-state index contributed by atoms with van der Waals surface area (Å²) < 4.78 is 2.32. The average molecular weight is 284 g/mol. The molecule has 0 saturated heterocycles. The molecule has 0 saturated carbocycles. The molecule has 0 fully saturated rings. The third-order valence-corrected chi connectivity index (χ3v) is 3.28. The molecule has 15 heavy (non-hydrogen) atoms. The topological polar surface area (TPSA) is 22.0 Å². The van der Waals surface area contributed by atoms with Gasteiger partial charge in [-0.2, -0.15) is 0 Å². The maximum Gasteiger partial charge on any atom is 0.251 e. The molecule has 0 N–H and O–H groups in total. The quantitative estimate of drug-likeness (QED) is 0.529. The normalized spacial score (nSPS) is 10.7. The van der Waals surface area contributed by atoms with Gasteiger partial charge in [0.15, 0.2) is 0 Å². The molecular formula is C11H14BrNOSi. The summed E-state index contributed by atoms with van der Waals surface area (Å²) in [6.07, 6.45) is 1.76. The number of hydrogen-bond donors (Lipinski definition) is 0. The Balaban J connectivity index is 3.21. The number of nitrogens with zero attached hydrogens (tertiary/aromatic N) is 1. The lowest BCUT2D eigenvalue weighted by Gasteiger charge is -2.04. The van der Waals surface area contributed by atoms with Gasteiger partial charge in [0, 0.05) is 23.8 Å². The summed E-state index contributed by atoms with van der Waals surface area (Å²) in [6, 6.07) is 1.55. The fraction of sp³-hybridized carbons (Fsp3) is 0.364. The first-order chi connectivity index (χ1) is 6.79. The van der Waals surface area contributed by atoms with Crippen LogP contribution in [0.2, 0.25) is 19.6 Å². The van der Waals surface area contributed by atoms with Gasteiger partial charge < -0.3 is 4.57 Å². The summed E-state index contributed by atoms with van der Waals surface area (Å²) in [6.45, 7) is 6.57. The Morgan fingerprint density at radius 1 is 1.40 bits per heavy atom. The monoisotopic (exact) mass is 283 g/mol. The highest BCUT2D eigenvalue weighted by atomic mass is 79.9. The van der Waals surface area contributed by atoms with Gasteiger partial charge in [-0.15, -0.1) is 5.54 Å². The first-order valence-corrected chi connectivity index (χ1v) is 8.98. The van der Waals surface area contributed by atoms with E-state index in [4.69, 9.17) is 0 Å². The second kappa shape index (κ2) is 4.38. The Morgan fingerprint density at radius 3 is 2.53 bits per heavy atom. The van der Waals surface area contributed by atoms with Crippen molar-refractivity contribution in [3.8, 4) is 11.5 Å². The summed E-state index contributed by atoms with van der Waals surface area (Å²) in [5.74, 6) is 3.13. The van der Waals surface area contributed by atoms with Crippen LogP contribution in [0.5, 0.6) is 0 Å². The summed E-state index contributed by atoms with van der Waals surface area (Å²) in [7, 11) is 0.367. The van der Waals surface area contributed by atoms with Gasteiger partial charge >= 0.3 is 0 Å². The fourth-order valence-corrected chi connectivity index (χ4v) is 1.86. The lowest BCUT2D eigenvalue weighted by Crippen LogP contribution is -2.17. The van der Waals surface area contributed by atoms with Gasteiger partial charge in [0.1, 0.15) is 8.07 Å². The van der Waals surface area contributed by atoms with Crippen LogP contribution in [-0.2, 0) is 7.05 Å². The van der Waals surface area contributed by atoms with Crippen molar-refractivity contribution in [2.24, 2.45) is 7.05 Å². The van der Waals surface area contributed by atoms with Crippen molar-refractivity contribution >= 4 is 24.0 Å². The molecule has 4 heteroatoms. The molecule has 1 aromatic rings. The van der Waals surface area contributed by atoms with Crippen LogP contribution in [0.15, 0.2) is 21.5 Å². The van der Waals surface area contributed by atoms with Crippen molar-refractivity contribution in [1.29, 1.82) is 0 Å². The van der Waals surface area contributed by atoms with Gasteiger partial charge in [0.25, 0.3) is 5.56 Å². The van der Waals surface area contributed by atoms with Crippen molar-refractivity contribution in [2.75, 3.05) is 0 Å². The van der Waals surface area contributed by atoms with E-state index in [9.17, 15) is 4.79 Å². The van der Waals surface area contributed by atoms with Gasteiger partial charge in [0.05, 0.1) is 5.56 Å². The Bertz CT molecular complexity index is 488. The maximum atomic E-state index is 11.3. The largest absolute Gasteiger partial charge is 0.317 e. The first-order valence-electron chi connectivity index (χ1n) is 4.69. The lowest BCUT2D eigenvalue weighted by molar-refractivity contribution is 0.855. The second-order valence-corrected chi connectivity index (χ2v) is 10.1. The van der Waals surface area contributed by atoms with E-state index in [1.807, 2.05) is 0 Å². The third-order valence-electron chi connectivity index (χ3n) is 1.75. The van der Waals surface area contributed by atoms with E-state index in [2.05, 4.69) is 47.0 Å². The molecule has 0 unspecified atom stereocenters. The summed E-state index contributed by atoms with van der Waals surface area (Å²) in [5, 5.41) is 0. The van der Waals surface area contributed by atoms with Crippen LogP contribution in [0.4, 0.5) is 0 Å². The van der Waals surface area contributed by atoms with Gasteiger partial charge in [-0.1, -0.05) is 25.6 Å². The molecule has 0 aliphatic heterocycles. The van der Waals surface area contributed by atoms with Crippen molar-refractivity contribution in [1.82, 2.24) is 4.57 Å². The van der Waals surface area contributed by atoms with Crippen LogP contribution in [0.1, 0.15) is 5.56 Å². The van der Waals surface area contributed by atoms with Crippen LogP contribution in [-0.4, -0.2) is 12.6 Å². The maximum absolute atomic E-state index is 11.3. The molecule has 1 aromatic heterocycles. The molecule has 0 bridgehead atoms. The van der Waals surface area contributed by atoms with Crippen molar-refractivity contribution < 1.29 is 0 Å². The molecule has 0 spiro atoms. The highest BCUT2D eigenvalue weighted by molar-refractivity contribution is 9.10. The van der Waals surface area contributed by atoms with Crippen molar-refractivity contribution in [3.05, 3.63) is 32.7 Å². The van der Waals surface area contributed by atoms with Crippen LogP contribution in [0.25, 0.3) is 0 Å². The zero-order valence-electron chi connectivity index (χ0n) is 9.39. The minimum absolute atomic E-state index is 0.0274. The minimum Gasteiger partial charge on any atom is -0.317 e. The average Bonchev–Trinajstić information content (AvgIpc) is 2.07. The third kappa shape index (κ3) is 3.69. The van der Waals surface area contributed by atoms with Crippen LogP contribution in [0, 0.1) is 11.5 Å². The summed E-state index contributed by atoms with van der Waals surface area (Å²) >= 11 is 3.35. The molecule has 0 aromatic carbocycles. The van der Waals surface area contributed by atoms with E-state index in [1.54, 1.807) is 23.9 Å². The Kier molecular flexibility index (Phi) is 3.58. The van der Waals surface area contributed by atoms with Crippen LogP contribution >= 0.6 is 15.9 Å². The minimum atomic E-state index is -1.36. The van der Waals surface area contributed by atoms with Crippen molar-refractivity contribution in [3.63, 3.8) is 0 Å². The Hall–Kier alpha value is -0.793. The molecule has 0 aliphatic carbocycles. The standard InChI is InChI=1S/C11H14BrNOSi/c1-13-8-9(5-6-15(2,3)4)10(12)7-11(13)14/h7-8H,1-4H3. The number of rotatable bonds is 0. The number of halogens is 1. The number of aromatic nitrogens is 1. The smallest absolute Gasteiger partial charge is 0.251 e. The molecule has 0 radical (unpaired) electrons. The number of hydrogen-bond acceptors (Lipinski definition) is 1. The molecule has 80 valence electrons. The first kappa shape index (κ1) is 12.3. The number of pyridine rings is 1. The van der Waals surface area contributed by atoms with Gasteiger partial charge in [-0.25, -0.2) is 0 Å². The van der Waals surface area contributed by atoms with E-state index >= 15 is 0 Å². The summed E-state index contributed by atoms with van der Waals surface area (Å²) in [4.78, 5) is 11.3. The van der Waals surface area contributed by atoms with Crippen molar-refractivity contribution in [2.45, 2.75) is 19.6 Å². The molecule has 0 aliphatic rings. The van der Waals surface area contributed by atoms with E-state index in [-0.39, 0.29) is 5.56 Å². The fourth-order valence-electron chi connectivity index (χ4n) is 0.954. The molecule has 0 atom stereocenters. The van der Waals surface area contributed by atoms with E-state index < -0.39 is 8.07 Å². The summed E-state index contributed by atoms with van der Waals surface area (Å²) in [5.41, 5.74) is 4.12. The predicted molar refractivity (Wildman–Crippen MR) is 69.6 cm³/mol. The van der Waals surface area contributed by atoms with Crippen LogP contribution < -0.4 is 5.56 Å². The van der Waals surface area contributed by atoms with Gasteiger partial charge in [0.2, 0.25) is 0 Å². The lowest BCUT2D eigenvalue weighted by atomic mass is 10.3. The van der Waals surface area contributed by atoms with E-state index in [0.29, 0.717) is 0 Å². The van der Waals surface area contributed by atoms with E-state index in [1.165, 1.54) is 0 Å². The van der Waals surface area contributed by atoms with E-state index in [0.717, 1.165) is 10.0 Å². The molecule has 0 amide bonds. The zero-order valence-corrected chi connectivity index (χ0v) is 12.0. The Labute approximate surface area is 99.5 Å². The highest BCUT2D eigenvalue weighted by Gasteiger charge is 2.08. The molecular weight excluding hydrogens is 270 g/mol. The second-order valence-electron chi connectivity index (χ2n) is 4.48. The molecule has 2 nitrogen and oxygen atoms in total. The zero-order chi connectivity index (χ0) is 11.6. The molecule has 1 heterocycles. The predicted octanol–water partition coefficient (Wildman–Crippen LogP) is 2.38. The molecule has 1 rings (SSSR count). The van der Waals surface area contributed by atoms with Crippen LogP contribution in [0.3, 0.4) is 0 Å². The van der Waals surface area contributed by atoms with Gasteiger partial charge in [-0.05, 0) is 15.9 Å².